The summed E-state index contributed by atoms with van der Waals surface area (Å²) < 4.78 is 39.4. The first kappa shape index (κ1) is 26.7. The maximum Gasteiger partial charge on any atom is 0.281 e. The van der Waals surface area contributed by atoms with Gasteiger partial charge in [0.2, 0.25) is 11.8 Å². The average molecular weight is 533 g/mol. The highest BCUT2D eigenvalue weighted by molar-refractivity contribution is 7.90. The van der Waals surface area contributed by atoms with Crippen LogP contribution in [0, 0.1) is 27.7 Å². The first-order valence-corrected chi connectivity index (χ1v) is 13.4. The molecule has 0 aliphatic rings. The maximum absolute atomic E-state index is 13.2. The van der Waals surface area contributed by atoms with Gasteiger partial charge in [0.05, 0.1) is 18.0 Å². The molecule has 196 valence electrons. The molecule has 9 nitrogen and oxygen atoms in total. The highest BCUT2D eigenvalue weighted by atomic mass is 32.2. The van der Waals surface area contributed by atoms with Gasteiger partial charge in [-0.25, -0.2) is 19.7 Å². The lowest BCUT2D eigenvalue weighted by Gasteiger charge is -2.16. The summed E-state index contributed by atoms with van der Waals surface area (Å²) in [6.45, 7) is 9.99. The second-order valence-electron chi connectivity index (χ2n) is 8.78. The minimum atomic E-state index is -4.22. The second-order valence-corrected chi connectivity index (χ2v) is 10.4. The summed E-state index contributed by atoms with van der Waals surface area (Å²) in [4.78, 5) is 26.2. The smallest absolute Gasteiger partial charge is 0.281 e. The van der Waals surface area contributed by atoms with E-state index in [1.54, 1.807) is 12.1 Å². The minimum Gasteiger partial charge on any atom is -0.478 e. The van der Waals surface area contributed by atoms with Crippen LogP contribution in [0.3, 0.4) is 0 Å². The third kappa shape index (κ3) is 5.97. The molecule has 0 radical (unpaired) electrons. The largest absolute Gasteiger partial charge is 0.478 e. The van der Waals surface area contributed by atoms with Gasteiger partial charge in [-0.15, -0.1) is 0 Å². The summed E-state index contributed by atoms with van der Waals surface area (Å²) in [6.07, 6.45) is 1.33. The number of hydrogen-bond acceptors (Lipinski definition) is 8. The van der Waals surface area contributed by atoms with Crippen LogP contribution in [-0.4, -0.2) is 35.9 Å². The number of aromatic nitrogens is 3. The van der Waals surface area contributed by atoms with E-state index in [4.69, 9.17) is 9.47 Å². The van der Waals surface area contributed by atoms with Crippen molar-refractivity contribution in [2.24, 2.45) is 0 Å². The van der Waals surface area contributed by atoms with E-state index in [2.05, 4.69) is 19.7 Å². The van der Waals surface area contributed by atoms with E-state index in [0.29, 0.717) is 29.6 Å². The zero-order chi connectivity index (χ0) is 27.4. The number of pyridine rings is 3. The van der Waals surface area contributed by atoms with E-state index in [-0.39, 0.29) is 16.5 Å². The Bertz CT molecular complexity index is 1580. The molecule has 0 saturated carbocycles. The molecule has 4 rings (SSSR count). The van der Waals surface area contributed by atoms with Crippen molar-refractivity contribution in [3.8, 4) is 28.9 Å². The van der Waals surface area contributed by atoms with E-state index in [1.807, 2.05) is 58.9 Å². The predicted molar refractivity (Wildman–Crippen MR) is 143 cm³/mol. The number of benzene rings is 1. The maximum atomic E-state index is 13.2. The van der Waals surface area contributed by atoms with Crippen LogP contribution in [0.25, 0.3) is 11.4 Å². The molecule has 0 fully saturated rings. The molecular weight excluding hydrogens is 504 g/mol. The first-order chi connectivity index (χ1) is 18.1. The second kappa shape index (κ2) is 11.0. The summed E-state index contributed by atoms with van der Waals surface area (Å²) in [5, 5.41) is -0.280. The number of nitrogens with one attached hydrogen (secondary N) is 1. The highest BCUT2D eigenvalue weighted by Crippen LogP contribution is 2.33. The Morgan fingerprint density at radius 1 is 0.895 bits per heavy atom. The number of aryl methyl sites for hydroxylation is 4. The monoisotopic (exact) mass is 532 g/mol. The molecule has 0 unspecified atom stereocenters. The number of nitrogens with zero attached hydrogens (tertiary/aromatic N) is 3. The van der Waals surface area contributed by atoms with Gasteiger partial charge < -0.3 is 9.47 Å². The third-order valence-corrected chi connectivity index (χ3v) is 6.80. The molecule has 0 aliphatic carbocycles. The molecule has 3 heterocycles. The normalized spacial score (nSPS) is 11.2. The Labute approximate surface area is 222 Å². The first-order valence-electron chi connectivity index (χ1n) is 11.9. The Hall–Kier alpha value is -4.31. The van der Waals surface area contributed by atoms with Crippen LogP contribution >= 0.6 is 0 Å². The number of sulfonamides is 1. The summed E-state index contributed by atoms with van der Waals surface area (Å²) >= 11 is 0. The minimum absolute atomic E-state index is 0.0625. The van der Waals surface area contributed by atoms with Crippen LogP contribution in [0.4, 0.5) is 0 Å². The molecule has 4 aromatic rings. The molecule has 1 N–H and O–H groups in total. The standard InChI is InChI=1S/C28H28N4O5S/c1-6-36-24-16-18(3)15-23(30-24)22-11-10-21(27(33)32-38(34,35)25-9-7-8-12-29-25)28(31-22)37-26-19(4)13-17(2)14-20(26)5/h7-16H,6H2,1-5H3,(H,32,33). The molecule has 1 amide bonds. The fraction of sp³-hybridized carbons (Fsp3) is 0.214. The zero-order valence-corrected chi connectivity index (χ0v) is 22.6. The van der Waals surface area contributed by atoms with Gasteiger partial charge in [-0.1, -0.05) is 23.8 Å². The zero-order valence-electron chi connectivity index (χ0n) is 21.8. The SMILES string of the molecule is CCOc1cc(C)cc(-c2ccc(C(=O)NS(=O)(=O)c3ccccn3)c(Oc3c(C)cc(C)cc3C)n2)n1. The van der Waals surface area contributed by atoms with Crippen LogP contribution in [0.5, 0.6) is 17.5 Å². The lowest BCUT2D eigenvalue weighted by Crippen LogP contribution is -2.31. The van der Waals surface area contributed by atoms with Crippen molar-refractivity contribution in [2.45, 2.75) is 39.6 Å². The molecule has 0 atom stereocenters. The van der Waals surface area contributed by atoms with Gasteiger partial charge in [0.1, 0.15) is 11.3 Å². The summed E-state index contributed by atoms with van der Waals surface area (Å²) in [5.41, 5.74) is 4.53. The number of carbonyl (C=O) groups excluding carboxylic acids is 1. The van der Waals surface area contributed by atoms with Crippen molar-refractivity contribution < 1.29 is 22.7 Å². The van der Waals surface area contributed by atoms with E-state index < -0.39 is 15.9 Å². The van der Waals surface area contributed by atoms with E-state index >= 15 is 0 Å². The quantitative estimate of drug-likeness (QED) is 0.333. The van der Waals surface area contributed by atoms with E-state index in [0.717, 1.165) is 22.3 Å². The van der Waals surface area contributed by atoms with Crippen molar-refractivity contribution in [3.63, 3.8) is 0 Å². The summed E-state index contributed by atoms with van der Waals surface area (Å²) in [7, 11) is -4.22. The third-order valence-electron chi connectivity index (χ3n) is 5.55. The van der Waals surface area contributed by atoms with Gasteiger partial charge >= 0.3 is 0 Å². The van der Waals surface area contributed by atoms with Crippen molar-refractivity contribution in [2.75, 3.05) is 6.61 Å². The van der Waals surface area contributed by atoms with Crippen molar-refractivity contribution in [1.29, 1.82) is 0 Å². The number of ether oxygens (including phenoxy) is 2. The Morgan fingerprint density at radius 2 is 1.61 bits per heavy atom. The van der Waals surface area contributed by atoms with Gasteiger partial charge in [0.25, 0.3) is 15.9 Å². The molecule has 0 spiro atoms. The number of carbonyl (C=O) groups is 1. The molecule has 10 heteroatoms. The molecule has 0 saturated heterocycles. The van der Waals surface area contributed by atoms with E-state index in [9.17, 15) is 13.2 Å². The van der Waals surface area contributed by atoms with Crippen molar-refractivity contribution in [1.82, 2.24) is 19.7 Å². The Morgan fingerprint density at radius 3 is 2.26 bits per heavy atom. The lowest BCUT2D eigenvalue weighted by atomic mass is 10.1. The fourth-order valence-corrected chi connectivity index (χ4v) is 4.90. The fourth-order valence-electron chi connectivity index (χ4n) is 3.98. The molecule has 3 aromatic heterocycles. The highest BCUT2D eigenvalue weighted by Gasteiger charge is 2.24. The molecular formula is C28H28N4O5S. The topological polar surface area (TPSA) is 120 Å². The molecule has 1 aromatic carbocycles. The Kier molecular flexibility index (Phi) is 7.72. The van der Waals surface area contributed by atoms with Crippen LogP contribution < -0.4 is 14.2 Å². The van der Waals surface area contributed by atoms with Crippen molar-refractivity contribution in [3.05, 3.63) is 88.6 Å². The van der Waals surface area contributed by atoms with Crippen LogP contribution in [0.15, 0.2) is 65.8 Å². The van der Waals surface area contributed by atoms with Crippen LogP contribution in [-0.2, 0) is 10.0 Å². The molecule has 38 heavy (non-hydrogen) atoms. The number of amides is 1. The number of rotatable bonds is 8. The lowest BCUT2D eigenvalue weighted by molar-refractivity contribution is 0.0978. The van der Waals surface area contributed by atoms with Gasteiger partial charge in [-0.05, 0) is 81.6 Å². The van der Waals surface area contributed by atoms with Crippen LogP contribution in [0.2, 0.25) is 0 Å². The van der Waals surface area contributed by atoms with Gasteiger partial charge in [-0.2, -0.15) is 8.42 Å². The predicted octanol–water partition coefficient (Wildman–Crippen LogP) is 5.08. The van der Waals surface area contributed by atoms with Gasteiger partial charge in [0.15, 0.2) is 5.03 Å². The molecule has 0 aliphatic heterocycles. The summed E-state index contributed by atoms with van der Waals surface area (Å²) in [6, 6.07) is 15.0. The molecule has 0 bridgehead atoms. The van der Waals surface area contributed by atoms with Crippen LogP contribution in [0.1, 0.15) is 39.5 Å². The summed E-state index contributed by atoms with van der Waals surface area (Å²) in [5.74, 6) is 0.00113. The van der Waals surface area contributed by atoms with Gasteiger partial charge in [0, 0.05) is 12.3 Å². The van der Waals surface area contributed by atoms with Gasteiger partial charge in [-0.3, -0.25) is 4.79 Å². The van der Waals surface area contributed by atoms with Crippen molar-refractivity contribution >= 4 is 15.9 Å². The number of hydrogen-bond donors (Lipinski definition) is 1. The Balaban J connectivity index is 1.80. The average Bonchev–Trinajstić information content (AvgIpc) is 2.86. The van der Waals surface area contributed by atoms with E-state index in [1.165, 1.54) is 24.4 Å².